The molecule has 2 N–H and O–H groups in total. The number of unbranched alkanes of at least 4 members (excludes halogenated alkanes) is 14. The summed E-state index contributed by atoms with van der Waals surface area (Å²) < 4.78 is 0. The van der Waals surface area contributed by atoms with E-state index in [2.05, 4.69) is 32.2 Å². The van der Waals surface area contributed by atoms with Crippen molar-refractivity contribution in [2.75, 3.05) is 13.1 Å². The van der Waals surface area contributed by atoms with Crippen molar-refractivity contribution < 1.29 is 29.1 Å². The van der Waals surface area contributed by atoms with Crippen molar-refractivity contribution in [3.05, 3.63) is 0 Å². The quantitative estimate of drug-likeness (QED) is 0.128. The van der Waals surface area contributed by atoms with Crippen LogP contribution in [0.4, 0.5) is 9.59 Å². The van der Waals surface area contributed by atoms with Gasteiger partial charge in [-0.2, -0.15) is 0 Å². The van der Waals surface area contributed by atoms with E-state index in [1.54, 1.807) is 0 Å². The first-order valence-electron chi connectivity index (χ1n) is 11.4. The van der Waals surface area contributed by atoms with E-state index in [1.807, 2.05) is 4.90 Å². The first-order valence-corrected chi connectivity index (χ1v) is 12.2. The van der Waals surface area contributed by atoms with E-state index in [4.69, 9.17) is 17.4 Å². The Morgan fingerprint density at radius 1 is 0.621 bits per heavy atom. The van der Waals surface area contributed by atoms with Crippen molar-refractivity contribution in [3.63, 3.8) is 0 Å². The number of carbonyl (C=O) groups is 2. The molecule has 7 heteroatoms. The standard InChI is InChI=1S/C21H43NOS.CH3NOS.Zn/c1-3-5-7-9-11-13-15-17-19-22(21(23)24)20-18-16-14-12-10-8-6-4-2;2-1(3)4;/h3-20H2,1-2H3,(H,23,24);(H3,2,3,4);/q;;+2/p-2. The van der Waals surface area contributed by atoms with Crippen LogP contribution in [-0.2, 0) is 44.7 Å². The molecular weight excluding hydrogens is 454 g/mol. The van der Waals surface area contributed by atoms with Crippen molar-refractivity contribution in [2.45, 2.75) is 117 Å². The Morgan fingerprint density at radius 3 is 1.10 bits per heavy atom. The molecule has 0 atom stereocenters. The number of hydrogen-bond donors (Lipinski definition) is 1. The van der Waals surface area contributed by atoms with Gasteiger partial charge in [0.05, 0.1) is 5.24 Å². The van der Waals surface area contributed by atoms with E-state index in [-0.39, 0.29) is 24.7 Å². The molecular formula is C22H44N2O2S2Zn. The number of nitrogens with two attached hydrogens (primary N) is 1. The number of amides is 2. The second-order valence-corrected chi connectivity index (χ2v) is 8.27. The van der Waals surface area contributed by atoms with Gasteiger partial charge < -0.3 is 45.5 Å². The molecule has 0 fully saturated rings. The molecule has 0 bridgehead atoms. The molecule has 29 heavy (non-hydrogen) atoms. The fourth-order valence-corrected chi connectivity index (χ4v) is 3.35. The molecule has 0 rings (SSSR count). The van der Waals surface area contributed by atoms with Crippen LogP contribution in [0.5, 0.6) is 0 Å². The van der Waals surface area contributed by atoms with Gasteiger partial charge in [0.25, 0.3) is 0 Å². The molecule has 0 aromatic carbocycles. The van der Waals surface area contributed by atoms with E-state index < -0.39 is 5.24 Å². The van der Waals surface area contributed by atoms with Crippen molar-refractivity contribution in [2.24, 2.45) is 5.73 Å². The minimum absolute atomic E-state index is 0. The van der Waals surface area contributed by atoms with Gasteiger partial charge in [-0.1, -0.05) is 104 Å². The SMILES string of the molecule is CCCCCCCCCCN(CCCCCCCCCC)C(=O)[S-].NC(=O)[S-].[Zn+2]. The molecule has 0 aromatic heterocycles. The number of carbonyl (C=O) groups excluding carboxylic acids is 2. The van der Waals surface area contributed by atoms with Gasteiger partial charge in [0, 0.05) is 13.1 Å². The van der Waals surface area contributed by atoms with Crippen LogP contribution in [0.25, 0.3) is 0 Å². The van der Waals surface area contributed by atoms with Crippen LogP contribution < -0.4 is 5.73 Å². The molecule has 2 amide bonds. The molecule has 0 saturated heterocycles. The van der Waals surface area contributed by atoms with Gasteiger partial charge in [0.2, 0.25) is 0 Å². The van der Waals surface area contributed by atoms with Crippen LogP contribution in [0.15, 0.2) is 0 Å². The Kier molecular flexibility index (Phi) is 32.5. The van der Waals surface area contributed by atoms with Gasteiger partial charge in [-0.3, -0.25) is 0 Å². The largest absolute Gasteiger partial charge is 2.00 e. The molecule has 0 heterocycles. The topological polar surface area (TPSA) is 63.4 Å². The summed E-state index contributed by atoms with van der Waals surface area (Å²) in [6, 6.07) is 0. The van der Waals surface area contributed by atoms with Crippen molar-refractivity contribution >= 4 is 35.7 Å². The van der Waals surface area contributed by atoms with Gasteiger partial charge in [0.1, 0.15) is 5.24 Å². The van der Waals surface area contributed by atoms with Crippen LogP contribution in [0.1, 0.15) is 117 Å². The predicted octanol–water partition coefficient (Wildman–Crippen LogP) is 6.85. The Labute approximate surface area is 204 Å². The third-order valence-corrected chi connectivity index (χ3v) is 5.08. The number of primary amides is 1. The molecule has 0 spiro atoms. The van der Waals surface area contributed by atoms with E-state index in [0.717, 1.165) is 25.9 Å². The summed E-state index contributed by atoms with van der Waals surface area (Å²) in [5.74, 6) is 0. The van der Waals surface area contributed by atoms with E-state index in [0.29, 0.717) is 0 Å². The summed E-state index contributed by atoms with van der Waals surface area (Å²) in [5, 5.41) is -0.902. The summed E-state index contributed by atoms with van der Waals surface area (Å²) >= 11 is 8.64. The first kappa shape index (κ1) is 33.6. The first-order chi connectivity index (χ1) is 13.5. The van der Waals surface area contributed by atoms with Crippen molar-refractivity contribution in [1.82, 2.24) is 4.90 Å². The third-order valence-electron chi connectivity index (χ3n) is 4.82. The Morgan fingerprint density at radius 2 is 0.862 bits per heavy atom. The smallest absolute Gasteiger partial charge is 0.719 e. The summed E-state index contributed by atoms with van der Waals surface area (Å²) in [5.41, 5.74) is 4.29. The normalized spacial score (nSPS) is 9.86. The number of rotatable bonds is 18. The Balaban J connectivity index is -0.00000123. The minimum atomic E-state index is -0.750. The van der Waals surface area contributed by atoms with Crippen LogP contribution >= 0.6 is 0 Å². The fraction of sp³-hybridized carbons (Fsp3) is 0.909. The van der Waals surface area contributed by atoms with Gasteiger partial charge in [-0.15, -0.1) is 0 Å². The fourth-order valence-electron chi connectivity index (χ4n) is 3.17. The molecule has 168 valence electrons. The zero-order chi connectivity index (χ0) is 21.5. The van der Waals surface area contributed by atoms with Gasteiger partial charge in [0.15, 0.2) is 0 Å². The number of hydrogen-bond acceptors (Lipinski definition) is 4. The van der Waals surface area contributed by atoms with E-state index >= 15 is 0 Å². The average Bonchev–Trinajstić information content (AvgIpc) is 2.63. The summed E-state index contributed by atoms with van der Waals surface area (Å²) in [6.07, 6.45) is 20.9. The molecule has 0 aromatic rings. The van der Waals surface area contributed by atoms with Gasteiger partial charge in [-0.25, -0.2) is 0 Å². The maximum absolute atomic E-state index is 11.6. The van der Waals surface area contributed by atoms with Gasteiger partial charge >= 0.3 is 19.5 Å². The van der Waals surface area contributed by atoms with Crippen molar-refractivity contribution in [1.29, 1.82) is 0 Å². The predicted molar refractivity (Wildman–Crippen MR) is 127 cm³/mol. The van der Waals surface area contributed by atoms with Crippen LogP contribution in [-0.4, -0.2) is 28.5 Å². The second-order valence-electron chi connectivity index (χ2n) is 7.52. The zero-order valence-electron chi connectivity index (χ0n) is 19.1. The zero-order valence-corrected chi connectivity index (χ0v) is 23.7. The maximum Gasteiger partial charge on any atom is 2.00 e. The molecule has 0 aliphatic rings. The van der Waals surface area contributed by atoms with Crippen molar-refractivity contribution in [3.8, 4) is 0 Å². The second kappa shape index (κ2) is 28.0. The maximum atomic E-state index is 11.6. The molecule has 0 aliphatic heterocycles. The summed E-state index contributed by atoms with van der Waals surface area (Å²) in [6.45, 7) is 6.25. The van der Waals surface area contributed by atoms with Crippen LogP contribution in [0.3, 0.4) is 0 Å². The molecule has 0 saturated carbocycles. The van der Waals surface area contributed by atoms with Gasteiger partial charge in [-0.05, 0) is 12.8 Å². The minimum Gasteiger partial charge on any atom is -0.719 e. The Bertz CT molecular complexity index is 338. The molecule has 0 radical (unpaired) electrons. The summed E-state index contributed by atoms with van der Waals surface area (Å²) in [7, 11) is 0. The van der Waals surface area contributed by atoms with E-state index in [1.165, 1.54) is 89.9 Å². The Hall–Kier alpha value is 0.00338. The molecule has 0 aliphatic carbocycles. The van der Waals surface area contributed by atoms with E-state index in [9.17, 15) is 4.79 Å². The monoisotopic (exact) mass is 496 g/mol. The molecule has 0 unspecified atom stereocenters. The number of nitrogens with zero attached hydrogens (tertiary/aromatic N) is 1. The van der Waals surface area contributed by atoms with Crippen LogP contribution in [0.2, 0.25) is 0 Å². The average molecular weight is 498 g/mol. The van der Waals surface area contributed by atoms with Crippen LogP contribution in [0, 0.1) is 0 Å². The third kappa shape index (κ3) is 32.9. The molecule has 4 nitrogen and oxygen atoms in total. The summed E-state index contributed by atoms with van der Waals surface area (Å²) in [4.78, 5) is 22.5.